The van der Waals surface area contributed by atoms with Crippen LogP contribution < -0.4 is 5.32 Å². The van der Waals surface area contributed by atoms with Crippen LogP contribution in [-0.4, -0.2) is 48.7 Å². The summed E-state index contributed by atoms with van der Waals surface area (Å²) in [7, 11) is 2.13. The van der Waals surface area contributed by atoms with Gasteiger partial charge in [0.2, 0.25) is 0 Å². The Balaban J connectivity index is 3.25. The number of aliphatic carboxylic acids is 1. The van der Waals surface area contributed by atoms with Crippen LogP contribution in [0.2, 0.25) is 0 Å². The molecule has 0 unspecified atom stereocenters. The van der Waals surface area contributed by atoms with Crippen LogP contribution in [0.15, 0.2) is 12.2 Å². The van der Waals surface area contributed by atoms with Gasteiger partial charge in [0.25, 0.3) is 0 Å². The van der Waals surface area contributed by atoms with Crippen LogP contribution in [-0.2, 0) is 4.79 Å². The second-order valence-electron chi connectivity index (χ2n) is 4.23. The molecule has 4 heteroatoms. The Hall–Kier alpha value is -0.870. The molecule has 2 N–H and O–H groups in total. The zero-order valence-corrected chi connectivity index (χ0v) is 10.6. The summed E-state index contributed by atoms with van der Waals surface area (Å²) in [6.45, 7) is 7.07. The molecule has 0 spiro atoms. The van der Waals surface area contributed by atoms with Gasteiger partial charge in [0.1, 0.15) is 0 Å². The third-order valence-electron chi connectivity index (χ3n) is 2.52. The summed E-state index contributed by atoms with van der Waals surface area (Å²) in [5, 5.41) is 11.5. The smallest absolute Gasteiger partial charge is 0.328 e. The summed E-state index contributed by atoms with van der Waals surface area (Å²) in [6, 6.07) is 0.603. The average Bonchev–Trinajstić information content (AvgIpc) is 2.21. The van der Waals surface area contributed by atoms with Crippen molar-refractivity contribution in [2.24, 2.45) is 0 Å². The Labute approximate surface area is 98.3 Å². The minimum atomic E-state index is -0.889. The van der Waals surface area contributed by atoms with Gasteiger partial charge in [-0.25, -0.2) is 4.79 Å². The fourth-order valence-corrected chi connectivity index (χ4v) is 1.21. The van der Waals surface area contributed by atoms with Crippen molar-refractivity contribution in [1.29, 1.82) is 0 Å². The van der Waals surface area contributed by atoms with Crippen LogP contribution in [0.5, 0.6) is 0 Å². The Kier molecular flexibility index (Phi) is 8.85. The highest BCUT2D eigenvalue weighted by molar-refractivity contribution is 5.79. The molecular formula is C12H24N2O2. The third-order valence-corrected chi connectivity index (χ3v) is 2.52. The van der Waals surface area contributed by atoms with Gasteiger partial charge in [-0.3, -0.25) is 0 Å². The predicted octanol–water partition coefficient (Wildman–Crippen LogP) is 1.34. The summed E-state index contributed by atoms with van der Waals surface area (Å²) in [5.74, 6) is -0.889. The largest absolute Gasteiger partial charge is 0.478 e. The van der Waals surface area contributed by atoms with Crippen LogP contribution >= 0.6 is 0 Å². The molecule has 4 nitrogen and oxygen atoms in total. The van der Waals surface area contributed by atoms with Gasteiger partial charge in [0, 0.05) is 18.7 Å². The minimum absolute atomic E-state index is 0.603. The fraction of sp³-hybridized carbons (Fsp3) is 0.750. The quantitative estimate of drug-likeness (QED) is 0.462. The standard InChI is InChI=1S/C12H24N2O2/c1-11(2)14(3)10-5-4-8-13-9-6-7-12(15)16/h6-7,11,13H,4-5,8-10H2,1-3H3,(H,15,16)/b7-6+. The number of rotatable bonds is 9. The van der Waals surface area contributed by atoms with Crippen LogP contribution in [0, 0.1) is 0 Å². The van der Waals surface area contributed by atoms with Crippen molar-refractivity contribution >= 4 is 5.97 Å². The highest BCUT2D eigenvalue weighted by atomic mass is 16.4. The van der Waals surface area contributed by atoms with Crippen LogP contribution in [0.25, 0.3) is 0 Å². The van der Waals surface area contributed by atoms with Gasteiger partial charge in [-0.15, -0.1) is 0 Å². The number of hydrogen-bond donors (Lipinski definition) is 2. The highest BCUT2D eigenvalue weighted by Crippen LogP contribution is 1.96. The second kappa shape index (κ2) is 9.36. The topological polar surface area (TPSA) is 52.6 Å². The SMILES string of the molecule is CC(C)N(C)CCCCNC/C=C/C(=O)O. The average molecular weight is 228 g/mol. The molecule has 0 fully saturated rings. The van der Waals surface area contributed by atoms with E-state index in [1.165, 1.54) is 12.5 Å². The third kappa shape index (κ3) is 9.68. The molecule has 0 amide bonds. The maximum atomic E-state index is 10.2. The molecule has 0 aliphatic rings. The Morgan fingerprint density at radius 3 is 2.69 bits per heavy atom. The molecule has 0 aliphatic carbocycles. The molecule has 0 saturated heterocycles. The molecule has 0 saturated carbocycles. The molecule has 94 valence electrons. The highest BCUT2D eigenvalue weighted by Gasteiger charge is 2.01. The van der Waals surface area contributed by atoms with Gasteiger partial charge in [-0.1, -0.05) is 6.08 Å². The predicted molar refractivity (Wildman–Crippen MR) is 66.6 cm³/mol. The second-order valence-corrected chi connectivity index (χ2v) is 4.23. The van der Waals surface area contributed by atoms with E-state index in [1.807, 2.05) is 0 Å². The van der Waals surface area contributed by atoms with E-state index in [0.29, 0.717) is 12.6 Å². The van der Waals surface area contributed by atoms with Crippen molar-refractivity contribution in [2.45, 2.75) is 32.7 Å². The number of hydrogen-bond acceptors (Lipinski definition) is 3. The fourth-order valence-electron chi connectivity index (χ4n) is 1.21. The summed E-state index contributed by atoms with van der Waals surface area (Å²) in [6.07, 6.45) is 5.09. The van der Waals surface area contributed by atoms with Crippen molar-refractivity contribution in [1.82, 2.24) is 10.2 Å². The van der Waals surface area contributed by atoms with Crippen LogP contribution in [0.4, 0.5) is 0 Å². The van der Waals surface area contributed by atoms with E-state index in [-0.39, 0.29) is 0 Å². The first-order valence-electron chi connectivity index (χ1n) is 5.84. The normalized spacial score (nSPS) is 11.8. The maximum Gasteiger partial charge on any atom is 0.328 e. The number of nitrogens with one attached hydrogen (secondary N) is 1. The molecule has 0 bridgehead atoms. The van der Waals surface area contributed by atoms with E-state index < -0.39 is 5.97 Å². The molecule has 0 rings (SSSR count). The molecule has 0 aliphatic heterocycles. The van der Waals surface area contributed by atoms with Crippen molar-refractivity contribution in [3.8, 4) is 0 Å². The molecule has 0 heterocycles. The van der Waals surface area contributed by atoms with Gasteiger partial charge >= 0.3 is 5.97 Å². The summed E-state index contributed by atoms with van der Waals surface area (Å²) < 4.78 is 0. The molecule has 0 atom stereocenters. The first kappa shape index (κ1) is 15.1. The Morgan fingerprint density at radius 1 is 1.44 bits per heavy atom. The Morgan fingerprint density at radius 2 is 2.12 bits per heavy atom. The summed E-state index contributed by atoms with van der Waals surface area (Å²) in [4.78, 5) is 12.5. The summed E-state index contributed by atoms with van der Waals surface area (Å²) >= 11 is 0. The van der Waals surface area contributed by atoms with Gasteiger partial charge in [0.05, 0.1) is 0 Å². The molecule has 0 radical (unpaired) electrons. The van der Waals surface area contributed by atoms with Crippen molar-refractivity contribution in [2.75, 3.05) is 26.7 Å². The lowest BCUT2D eigenvalue weighted by Crippen LogP contribution is -2.27. The van der Waals surface area contributed by atoms with Gasteiger partial charge < -0.3 is 15.3 Å². The van der Waals surface area contributed by atoms with Crippen molar-refractivity contribution in [3.63, 3.8) is 0 Å². The van der Waals surface area contributed by atoms with Gasteiger partial charge in [0.15, 0.2) is 0 Å². The van der Waals surface area contributed by atoms with Crippen molar-refractivity contribution in [3.05, 3.63) is 12.2 Å². The lowest BCUT2D eigenvalue weighted by Gasteiger charge is -2.20. The van der Waals surface area contributed by atoms with Crippen LogP contribution in [0.1, 0.15) is 26.7 Å². The first-order chi connectivity index (χ1) is 7.54. The summed E-state index contributed by atoms with van der Waals surface area (Å²) in [5.41, 5.74) is 0. The van der Waals surface area contributed by atoms with E-state index in [0.717, 1.165) is 19.5 Å². The van der Waals surface area contributed by atoms with Crippen LogP contribution in [0.3, 0.4) is 0 Å². The lowest BCUT2D eigenvalue weighted by molar-refractivity contribution is -0.131. The van der Waals surface area contributed by atoms with Gasteiger partial charge in [-0.2, -0.15) is 0 Å². The molecule has 16 heavy (non-hydrogen) atoms. The molecule has 0 aromatic carbocycles. The van der Waals surface area contributed by atoms with Gasteiger partial charge in [-0.05, 0) is 46.8 Å². The Bertz CT molecular complexity index is 215. The lowest BCUT2D eigenvalue weighted by atomic mass is 10.2. The first-order valence-corrected chi connectivity index (χ1v) is 5.84. The molecular weight excluding hydrogens is 204 g/mol. The van der Waals surface area contributed by atoms with E-state index in [2.05, 4.69) is 31.1 Å². The number of carboxylic acids is 1. The van der Waals surface area contributed by atoms with Crippen molar-refractivity contribution < 1.29 is 9.90 Å². The number of carboxylic acid groups (broad SMARTS) is 1. The minimum Gasteiger partial charge on any atom is -0.478 e. The molecule has 0 aromatic heterocycles. The number of nitrogens with zero attached hydrogens (tertiary/aromatic N) is 1. The molecule has 0 aromatic rings. The number of carbonyl (C=O) groups is 1. The zero-order chi connectivity index (χ0) is 12.4. The van der Waals surface area contributed by atoms with E-state index >= 15 is 0 Å². The van der Waals surface area contributed by atoms with E-state index in [9.17, 15) is 4.79 Å². The zero-order valence-electron chi connectivity index (χ0n) is 10.6. The monoisotopic (exact) mass is 228 g/mol. The van der Waals surface area contributed by atoms with E-state index in [4.69, 9.17) is 5.11 Å². The maximum absolute atomic E-state index is 10.2. The number of unbranched alkanes of at least 4 members (excludes halogenated alkanes) is 1. The van der Waals surface area contributed by atoms with E-state index in [1.54, 1.807) is 6.08 Å².